The van der Waals surface area contributed by atoms with Crippen LogP contribution < -0.4 is 5.32 Å². The van der Waals surface area contributed by atoms with Crippen molar-refractivity contribution in [3.05, 3.63) is 66.8 Å². The molecule has 1 heterocycles. The van der Waals surface area contributed by atoms with Gasteiger partial charge in [0.25, 0.3) is 0 Å². The van der Waals surface area contributed by atoms with E-state index in [9.17, 15) is 14.7 Å². The third-order valence-electron chi connectivity index (χ3n) is 3.21. The standard InChI is InChI=1S/C16H17N3O3.C2H6/c1-2-15(20)18-14(16(21)22)8-13-9-17-11-19(13)10-12-6-4-3-5-7-12;1-2/h2-7,9,11,14H,1,8,10H2,(H,18,20)(H,21,22);1-2H3/t14-;/m0./s1. The Morgan fingerprint density at radius 1 is 1.33 bits per heavy atom. The van der Waals surface area contributed by atoms with Crippen LogP contribution >= 0.6 is 0 Å². The Morgan fingerprint density at radius 2 is 2.00 bits per heavy atom. The summed E-state index contributed by atoms with van der Waals surface area (Å²) in [5.41, 5.74) is 1.82. The van der Waals surface area contributed by atoms with E-state index in [1.807, 2.05) is 48.7 Å². The van der Waals surface area contributed by atoms with Crippen LogP contribution in [0.4, 0.5) is 0 Å². The van der Waals surface area contributed by atoms with Crippen LogP contribution in [0.5, 0.6) is 0 Å². The van der Waals surface area contributed by atoms with Crippen LogP contribution in [0.1, 0.15) is 25.1 Å². The van der Waals surface area contributed by atoms with E-state index in [1.54, 1.807) is 12.5 Å². The molecular formula is C18H23N3O3. The molecule has 0 aliphatic carbocycles. The summed E-state index contributed by atoms with van der Waals surface area (Å²) in [5.74, 6) is -1.61. The first-order valence-electron chi connectivity index (χ1n) is 7.79. The number of carbonyl (C=O) groups is 2. The summed E-state index contributed by atoms with van der Waals surface area (Å²) in [6.45, 7) is 7.92. The van der Waals surface area contributed by atoms with Gasteiger partial charge in [0, 0.05) is 24.9 Å². The first-order chi connectivity index (χ1) is 11.6. The molecule has 0 saturated heterocycles. The van der Waals surface area contributed by atoms with E-state index in [-0.39, 0.29) is 6.42 Å². The minimum atomic E-state index is -1.09. The molecule has 1 aromatic heterocycles. The fourth-order valence-electron chi connectivity index (χ4n) is 2.08. The van der Waals surface area contributed by atoms with Gasteiger partial charge in [-0.3, -0.25) is 4.79 Å². The van der Waals surface area contributed by atoms with Crippen LogP contribution in [-0.2, 0) is 22.6 Å². The van der Waals surface area contributed by atoms with Gasteiger partial charge in [-0.2, -0.15) is 0 Å². The summed E-state index contributed by atoms with van der Waals surface area (Å²) < 4.78 is 1.87. The van der Waals surface area contributed by atoms with Crippen molar-refractivity contribution in [3.63, 3.8) is 0 Å². The second-order valence-corrected chi connectivity index (χ2v) is 4.81. The highest BCUT2D eigenvalue weighted by atomic mass is 16.4. The van der Waals surface area contributed by atoms with Crippen molar-refractivity contribution >= 4 is 11.9 Å². The lowest BCUT2D eigenvalue weighted by Crippen LogP contribution is -2.41. The molecule has 2 rings (SSSR count). The number of hydrogen-bond donors (Lipinski definition) is 2. The summed E-state index contributed by atoms with van der Waals surface area (Å²) in [5, 5.41) is 11.6. The first-order valence-corrected chi connectivity index (χ1v) is 7.79. The topological polar surface area (TPSA) is 84.2 Å². The predicted molar refractivity (Wildman–Crippen MR) is 92.6 cm³/mol. The summed E-state index contributed by atoms with van der Waals surface area (Å²) in [6.07, 6.45) is 4.47. The molecule has 0 spiro atoms. The zero-order chi connectivity index (χ0) is 17.9. The summed E-state index contributed by atoms with van der Waals surface area (Å²) >= 11 is 0. The van der Waals surface area contributed by atoms with Gasteiger partial charge in [0.05, 0.1) is 6.33 Å². The lowest BCUT2D eigenvalue weighted by Gasteiger charge is -2.15. The monoisotopic (exact) mass is 329 g/mol. The molecule has 0 radical (unpaired) electrons. The Labute approximate surface area is 141 Å². The van der Waals surface area contributed by atoms with Crippen LogP contribution in [0.2, 0.25) is 0 Å². The van der Waals surface area contributed by atoms with Crippen molar-refractivity contribution in [3.8, 4) is 0 Å². The quantitative estimate of drug-likeness (QED) is 0.763. The van der Waals surface area contributed by atoms with Gasteiger partial charge in [-0.1, -0.05) is 50.8 Å². The molecule has 0 fully saturated rings. The molecule has 1 atom stereocenters. The summed E-state index contributed by atoms with van der Waals surface area (Å²) in [7, 11) is 0. The highest BCUT2D eigenvalue weighted by molar-refractivity contribution is 5.90. The Kier molecular flexibility index (Phi) is 7.98. The van der Waals surface area contributed by atoms with Gasteiger partial charge < -0.3 is 15.0 Å². The van der Waals surface area contributed by atoms with Crippen molar-refractivity contribution in [1.29, 1.82) is 0 Å². The number of imidazole rings is 1. The maximum Gasteiger partial charge on any atom is 0.326 e. The average molecular weight is 329 g/mol. The van der Waals surface area contributed by atoms with Crippen molar-refractivity contribution in [1.82, 2.24) is 14.9 Å². The van der Waals surface area contributed by atoms with E-state index >= 15 is 0 Å². The van der Waals surface area contributed by atoms with E-state index in [0.29, 0.717) is 6.54 Å². The van der Waals surface area contributed by atoms with Crippen LogP contribution in [0.15, 0.2) is 55.5 Å². The molecule has 128 valence electrons. The van der Waals surface area contributed by atoms with Gasteiger partial charge in [0.1, 0.15) is 6.04 Å². The molecule has 6 nitrogen and oxygen atoms in total. The third-order valence-corrected chi connectivity index (χ3v) is 3.21. The maximum atomic E-state index is 11.3. The fourth-order valence-corrected chi connectivity index (χ4v) is 2.08. The number of nitrogens with one attached hydrogen (secondary N) is 1. The SMILES string of the molecule is C=CC(=O)N[C@@H](Cc1cncn1Cc1ccccc1)C(=O)O.CC. The van der Waals surface area contributed by atoms with Crippen LogP contribution in [-0.4, -0.2) is 32.6 Å². The minimum absolute atomic E-state index is 0.155. The molecule has 0 aliphatic heterocycles. The number of carboxylic acid groups (broad SMARTS) is 1. The molecule has 1 aromatic carbocycles. The molecule has 2 N–H and O–H groups in total. The van der Waals surface area contributed by atoms with Crippen molar-refractivity contribution in [2.75, 3.05) is 0 Å². The number of carbonyl (C=O) groups excluding carboxylic acids is 1. The molecule has 2 aromatic rings. The normalized spacial score (nSPS) is 10.9. The molecule has 0 saturated carbocycles. The van der Waals surface area contributed by atoms with Crippen LogP contribution in [0, 0.1) is 0 Å². The average Bonchev–Trinajstić information content (AvgIpc) is 3.03. The highest BCUT2D eigenvalue weighted by Gasteiger charge is 2.21. The number of carboxylic acids is 1. The Hall–Kier alpha value is -2.89. The van der Waals surface area contributed by atoms with Gasteiger partial charge >= 0.3 is 5.97 Å². The van der Waals surface area contributed by atoms with Crippen molar-refractivity contribution < 1.29 is 14.7 Å². The highest BCUT2D eigenvalue weighted by Crippen LogP contribution is 2.08. The molecule has 0 unspecified atom stereocenters. The molecule has 24 heavy (non-hydrogen) atoms. The largest absolute Gasteiger partial charge is 0.480 e. The number of nitrogens with zero attached hydrogens (tertiary/aromatic N) is 2. The number of aromatic nitrogens is 2. The van der Waals surface area contributed by atoms with Crippen molar-refractivity contribution in [2.24, 2.45) is 0 Å². The van der Waals surface area contributed by atoms with E-state index in [2.05, 4.69) is 16.9 Å². The number of amides is 1. The molecular weight excluding hydrogens is 306 g/mol. The zero-order valence-electron chi connectivity index (χ0n) is 14.0. The zero-order valence-corrected chi connectivity index (χ0v) is 14.0. The fraction of sp³-hybridized carbons (Fsp3) is 0.278. The number of hydrogen-bond acceptors (Lipinski definition) is 3. The molecule has 0 bridgehead atoms. The summed E-state index contributed by atoms with van der Waals surface area (Å²) in [4.78, 5) is 26.7. The van der Waals surface area contributed by atoms with Gasteiger partial charge in [-0.05, 0) is 11.6 Å². The second kappa shape index (κ2) is 9.99. The number of benzene rings is 1. The molecule has 6 heteroatoms. The van der Waals surface area contributed by atoms with Crippen LogP contribution in [0.25, 0.3) is 0 Å². The molecule has 0 aliphatic rings. The second-order valence-electron chi connectivity index (χ2n) is 4.81. The van der Waals surface area contributed by atoms with E-state index in [0.717, 1.165) is 17.3 Å². The van der Waals surface area contributed by atoms with E-state index < -0.39 is 17.9 Å². The van der Waals surface area contributed by atoms with Gasteiger partial charge in [-0.15, -0.1) is 0 Å². The number of aliphatic carboxylic acids is 1. The first kappa shape index (κ1) is 19.2. The van der Waals surface area contributed by atoms with E-state index in [1.165, 1.54) is 0 Å². The Balaban J connectivity index is 0.00000139. The number of rotatable bonds is 7. The van der Waals surface area contributed by atoms with Crippen LogP contribution in [0.3, 0.4) is 0 Å². The van der Waals surface area contributed by atoms with E-state index in [4.69, 9.17) is 0 Å². The van der Waals surface area contributed by atoms with Gasteiger partial charge in [0.15, 0.2) is 0 Å². The minimum Gasteiger partial charge on any atom is -0.480 e. The lowest BCUT2D eigenvalue weighted by molar-refractivity contribution is -0.141. The third kappa shape index (κ3) is 5.72. The molecule has 1 amide bonds. The summed E-state index contributed by atoms with van der Waals surface area (Å²) in [6, 6.07) is 8.77. The predicted octanol–water partition coefficient (Wildman–Crippen LogP) is 2.26. The Bertz CT molecular complexity index is 665. The maximum absolute atomic E-state index is 11.3. The van der Waals surface area contributed by atoms with Gasteiger partial charge in [0.2, 0.25) is 5.91 Å². The lowest BCUT2D eigenvalue weighted by atomic mass is 10.1. The Morgan fingerprint density at radius 3 is 2.58 bits per heavy atom. The van der Waals surface area contributed by atoms with Gasteiger partial charge in [-0.25, -0.2) is 9.78 Å². The van der Waals surface area contributed by atoms with Crippen molar-refractivity contribution in [2.45, 2.75) is 32.9 Å². The smallest absolute Gasteiger partial charge is 0.326 e.